The maximum absolute atomic E-state index is 12.6. The maximum Gasteiger partial charge on any atom is 0.416 e. The van der Waals surface area contributed by atoms with Crippen LogP contribution in [0, 0.1) is 0 Å². The molecule has 0 aliphatic carbocycles. The lowest BCUT2D eigenvalue weighted by Gasteiger charge is -2.36. The molecule has 114 valence electrons. The van der Waals surface area contributed by atoms with Crippen LogP contribution in [-0.4, -0.2) is 23.9 Å². The average Bonchev–Trinajstić information content (AvgIpc) is 2.37. The number of carbonyl (C=O) groups is 2. The van der Waals surface area contributed by atoms with Crippen molar-refractivity contribution in [2.75, 3.05) is 4.90 Å². The van der Waals surface area contributed by atoms with Crippen molar-refractivity contribution in [3.63, 3.8) is 0 Å². The first kappa shape index (κ1) is 15.6. The van der Waals surface area contributed by atoms with E-state index < -0.39 is 35.6 Å². The number of hydrogen-bond donors (Lipinski definition) is 1. The van der Waals surface area contributed by atoms with E-state index in [2.05, 4.69) is 5.32 Å². The van der Waals surface area contributed by atoms with Crippen molar-refractivity contribution in [2.24, 2.45) is 0 Å². The molecule has 2 atom stereocenters. The third-order valence-electron chi connectivity index (χ3n) is 3.27. The van der Waals surface area contributed by atoms with Gasteiger partial charge in [-0.25, -0.2) is 0 Å². The number of amides is 2. The van der Waals surface area contributed by atoms with Crippen molar-refractivity contribution in [1.29, 1.82) is 0 Å². The van der Waals surface area contributed by atoms with Crippen LogP contribution in [0.4, 0.5) is 18.9 Å². The summed E-state index contributed by atoms with van der Waals surface area (Å²) in [6.45, 7) is 2.98. The van der Waals surface area contributed by atoms with E-state index in [0.29, 0.717) is 0 Å². The van der Waals surface area contributed by atoms with Crippen LogP contribution in [0.5, 0.6) is 0 Å². The number of nitrogens with zero attached hydrogens (tertiary/aromatic N) is 1. The standard InChI is InChI=1S/C13H12ClF3N2O2/c1-6-12(21)19(7(2)11(20)18-6)10-4-3-8(5-9(10)14)13(15,16)17/h3-7H,1-2H3,(H,18,20). The highest BCUT2D eigenvalue weighted by molar-refractivity contribution is 6.34. The molecular weight excluding hydrogens is 309 g/mol. The Hall–Kier alpha value is -1.76. The Kier molecular flexibility index (Phi) is 3.88. The molecule has 0 bridgehead atoms. The second kappa shape index (κ2) is 5.22. The summed E-state index contributed by atoms with van der Waals surface area (Å²) in [6.07, 6.45) is -4.52. The first-order valence-electron chi connectivity index (χ1n) is 6.13. The zero-order chi connectivity index (χ0) is 15.9. The fraction of sp³-hybridized carbons (Fsp3) is 0.385. The number of alkyl halides is 3. The highest BCUT2D eigenvalue weighted by Gasteiger charge is 2.38. The van der Waals surface area contributed by atoms with Crippen LogP contribution >= 0.6 is 11.6 Å². The summed E-state index contributed by atoms with van der Waals surface area (Å²) in [7, 11) is 0. The Balaban J connectivity index is 2.45. The lowest BCUT2D eigenvalue weighted by atomic mass is 10.1. The van der Waals surface area contributed by atoms with E-state index in [-0.39, 0.29) is 10.7 Å². The predicted molar refractivity (Wildman–Crippen MR) is 71.0 cm³/mol. The summed E-state index contributed by atoms with van der Waals surface area (Å²) >= 11 is 5.87. The third-order valence-corrected chi connectivity index (χ3v) is 3.57. The maximum atomic E-state index is 12.6. The van der Waals surface area contributed by atoms with Gasteiger partial charge in [-0.15, -0.1) is 0 Å². The van der Waals surface area contributed by atoms with Crippen molar-refractivity contribution in [2.45, 2.75) is 32.1 Å². The minimum Gasteiger partial charge on any atom is -0.343 e. The SMILES string of the molecule is CC1NC(=O)C(C)N(c2ccc(C(F)(F)F)cc2Cl)C1=O. The van der Waals surface area contributed by atoms with Gasteiger partial charge in [-0.1, -0.05) is 11.6 Å². The molecule has 0 spiro atoms. The largest absolute Gasteiger partial charge is 0.416 e. The molecular formula is C13H12ClF3N2O2. The van der Waals surface area contributed by atoms with Crippen LogP contribution in [0.1, 0.15) is 19.4 Å². The minimum atomic E-state index is -4.52. The molecule has 1 heterocycles. The van der Waals surface area contributed by atoms with Gasteiger partial charge in [0.15, 0.2) is 0 Å². The lowest BCUT2D eigenvalue weighted by molar-refractivity contribution is -0.137. The molecule has 0 saturated carbocycles. The molecule has 1 aromatic rings. The molecule has 8 heteroatoms. The zero-order valence-electron chi connectivity index (χ0n) is 11.2. The lowest BCUT2D eigenvalue weighted by Crippen LogP contribution is -2.61. The Morgan fingerprint density at radius 2 is 1.86 bits per heavy atom. The van der Waals surface area contributed by atoms with E-state index in [4.69, 9.17) is 11.6 Å². The molecule has 0 radical (unpaired) electrons. The number of piperazine rings is 1. The van der Waals surface area contributed by atoms with Gasteiger partial charge in [0.1, 0.15) is 12.1 Å². The number of benzene rings is 1. The van der Waals surface area contributed by atoms with Crippen LogP contribution < -0.4 is 10.2 Å². The number of hydrogen-bond acceptors (Lipinski definition) is 2. The minimum absolute atomic E-state index is 0.0869. The summed E-state index contributed by atoms with van der Waals surface area (Å²) in [6, 6.07) is 1.08. The van der Waals surface area contributed by atoms with Crippen molar-refractivity contribution in [3.8, 4) is 0 Å². The van der Waals surface area contributed by atoms with Crippen molar-refractivity contribution < 1.29 is 22.8 Å². The number of anilines is 1. The summed E-state index contributed by atoms with van der Waals surface area (Å²) in [5.74, 6) is -0.818. The fourth-order valence-electron chi connectivity index (χ4n) is 2.12. The van der Waals surface area contributed by atoms with Crippen LogP contribution in [0.2, 0.25) is 5.02 Å². The molecule has 0 aromatic heterocycles. The molecule has 1 aliphatic rings. The van der Waals surface area contributed by atoms with E-state index in [1.807, 2.05) is 0 Å². The normalized spacial score (nSPS) is 23.2. The molecule has 1 aromatic carbocycles. The highest BCUT2D eigenvalue weighted by Crippen LogP contribution is 2.36. The van der Waals surface area contributed by atoms with Crippen molar-refractivity contribution in [3.05, 3.63) is 28.8 Å². The van der Waals surface area contributed by atoms with Gasteiger partial charge in [0.25, 0.3) is 0 Å². The summed E-state index contributed by atoms with van der Waals surface area (Å²) in [4.78, 5) is 25.0. The van der Waals surface area contributed by atoms with Crippen LogP contribution in [0.3, 0.4) is 0 Å². The Bertz CT molecular complexity index is 604. The molecule has 2 rings (SSSR count). The third kappa shape index (κ3) is 2.83. The van der Waals surface area contributed by atoms with E-state index in [0.717, 1.165) is 23.1 Å². The van der Waals surface area contributed by atoms with E-state index in [9.17, 15) is 22.8 Å². The van der Waals surface area contributed by atoms with E-state index >= 15 is 0 Å². The molecule has 1 aliphatic heterocycles. The molecule has 2 amide bonds. The average molecular weight is 321 g/mol. The molecule has 4 nitrogen and oxygen atoms in total. The predicted octanol–water partition coefficient (Wildman–Crippen LogP) is 2.60. The van der Waals surface area contributed by atoms with Gasteiger partial charge in [-0.2, -0.15) is 13.2 Å². The highest BCUT2D eigenvalue weighted by atomic mass is 35.5. The topological polar surface area (TPSA) is 49.4 Å². The van der Waals surface area contributed by atoms with Gasteiger partial charge in [-0.3, -0.25) is 14.5 Å². The second-order valence-electron chi connectivity index (χ2n) is 4.78. The summed E-state index contributed by atoms with van der Waals surface area (Å²) in [5.41, 5.74) is -0.824. The Morgan fingerprint density at radius 3 is 2.38 bits per heavy atom. The van der Waals surface area contributed by atoms with Crippen LogP contribution in [-0.2, 0) is 15.8 Å². The van der Waals surface area contributed by atoms with Gasteiger partial charge in [0.05, 0.1) is 16.3 Å². The van der Waals surface area contributed by atoms with Gasteiger partial charge in [0, 0.05) is 0 Å². The number of halogens is 4. The van der Waals surface area contributed by atoms with Crippen LogP contribution in [0.25, 0.3) is 0 Å². The number of nitrogens with one attached hydrogen (secondary N) is 1. The van der Waals surface area contributed by atoms with Gasteiger partial charge in [-0.05, 0) is 32.0 Å². The zero-order valence-corrected chi connectivity index (χ0v) is 11.9. The fourth-order valence-corrected chi connectivity index (χ4v) is 2.39. The molecule has 21 heavy (non-hydrogen) atoms. The summed E-state index contributed by atoms with van der Waals surface area (Å²) in [5, 5.41) is 2.25. The molecule has 1 fully saturated rings. The smallest absolute Gasteiger partial charge is 0.343 e. The molecule has 2 unspecified atom stereocenters. The van der Waals surface area contributed by atoms with E-state index in [1.165, 1.54) is 13.8 Å². The van der Waals surface area contributed by atoms with E-state index in [1.54, 1.807) is 0 Å². The van der Waals surface area contributed by atoms with Crippen LogP contribution in [0.15, 0.2) is 18.2 Å². The molecule has 1 N–H and O–H groups in total. The Labute approximate surface area is 123 Å². The second-order valence-corrected chi connectivity index (χ2v) is 5.19. The monoisotopic (exact) mass is 320 g/mol. The Morgan fingerprint density at radius 1 is 1.24 bits per heavy atom. The number of carbonyl (C=O) groups excluding carboxylic acids is 2. The van der Waals surface area contributed by atoms with Crippen molar-refractivity contribution in [1.82, 2.24) is 5.32 Å². The summed E-state index contributed by atoms with van der Waals surface area (Å²) < 4.78 is 37.8. The first-order valence-corrected chi connectivity index (χ1v) is 6.51. The quantitative estimate of drug-likeness (QED) is 0.864. The van der Waals surface area contributed by atoms with Gasteiger partial charge < -0.3 is 5.32 Å². The number of rotatable bonds is 1. The van der Waals surface area contributed by atoms with Gasteiger partial charge in [0.2, 0.25) is 11.8 Å². The van der Waals surface area contributed by atoms with Crippen molar-refractivity contribution >= 4 is 29.1 Å². The molecule has 1 saturated heterocycles. The first-order chi connectivity index (χ1) is 9.62. The van der Waals surface area contributed by atoms with Gasteiger partial charge >= 0.3 is 6.18 Å².